The predicted octanol–water partition coefficient (Wildman–Crippen LogP) is 1.18. The molecule has 0 spiro atoms. The first-order valence-electron chi connectivity index (χ1n) is 8.19. The van der Waals surface area contributed by atoms with E-state index in [1.54, 1.807) is 10.2 Å². The number of imide groups is 1. The Kier molecular flexibility index (Phi) is 6.26. The molecule has 0 aromatic rings. The highest BCUT2D eigenvalue weighted by molar-refractivity contribution is 5.95. The number of ether oxygens (including phenoxy) is 1. The van der Waals surface area contributed by atoms with Crippen molar-refractivity contribution in [2.24, 2.45) is 5.92 Å². The SMILES string of the molecule is COC(=O)[C@@H]1C[C@H]2CCCC[C@H]2N1CC(=O)NC(=O)NCC(F)(F)F. The predicted molar refractivity (Wildman–Crippen MR) is 80.5 cm³/mol. The third kappa shape index (κ3) is 5.32. The number of carbonyl (C=O) groups is 3. The molecule has 3 amide bonds. The maximum atomic E-state index is 12.1. The molecular weight excluding hydrogens is 343 g/mol. The van der Waals surface area contributed by atoms with Crippen LogP contribution in [0.15, 0.2) is 0 Å². The van der Waals surface area contributed by atoms with E-state index in [4.69, 9.17) is 4.74 Å². The second-order valence-corrected chi connectivity index (χ2v) is 6.40. The van der Waals surface area contributed by atoms with Crippen LogP contribution in [0, 0.1) is 5.92 Å². The van der Waals surface area contributed by atoms with Gasteiger partial charge in [-0.1, -0.05) is 12.8 Å². The Bertz CT molecular complexity index is 527. The molecule has 0 unspecified atom stereocenters. The molecule has 142 valence electrons. The zero-order chi connectivity index (χ0) is 18.6. The minimum atomic E-state index is -4.55. The Hall–Kier alpha value is -1.84. The Labute approximate surface area is 143 Å². The molecule has 10 heteroatoms. The molecule has 0 aromatic heterocycles. The van der Waals surface area contributed by atoms with E-state index in [0.29, 0.717) is 6.42 Å². The van der Waals surface area contributed by atoms with Gasteiger partial charge in [0.25, 0.3) is 0 Å². The second kappa shape index (κ2) is 8.03. The van der Waals surface area contributed by atoms with E-state index in [0.717, 1.165) is 25.7 Å². The van der Waals surface area contributed by atoms with Gasteiger partial charge in [-0.2, -0.15) is 13.2 Å². The number of halogens is 3. The number of hydrogen-bond acceptors (Lipinski definition) is 5. The van der Waals surface area contributed by atoms with Crippen molar-refractivity contribution in [2.45, 2.75) is 50.4 Å². The lowest BCUT2D eigenvalue weighted by atomic mass is 9.85. The molecule has 2 N–H and O–H groups in total. The fourth-order valence-corrected chi connectivity index (χ4v) is 3.70. The molecule has 1 aliphatic heterocycles. The van der Waals surface area contributed by atoms with Crippen LogP contribution in [0.25, 0.3) is 0 Å². The summed E-state index contributed by atoms with van der Waals surface area (Å²) in [5, 5.41) is 3.44. The number of methoxy groups -OCH3 is 1. The molecular formula is C15H22F3N3O4. The molecule has 1 aliphatic carbocycles. The van der Waals surface area contributed by atoms with Crippen molar-refractivity contribution < 1.29 is 32.3 Å². The van der Waals surface area contributed by atoms with Gasteiger partial charge in [-0.15, -0.1) is 0 Å². The zero-order valence-electron chi connectivity index (χ0n) is 13.9. The number of esters is 1. The molecule has 2 aliphatic rings. The number of fused-ring (bicyclic) bond motifs is 1. The third-order valence-corrected chi connectivity index (χ3v) is 4.72. The minimum absolute atomic E-state index is 0.0434. The topological polar surface area (TPSA) is 87.7 Å². The largest absolute Gasteiger partial charge is 0.468 e. The standard InChI is InChI=1S/C15H22F3N3O4/c1-25-13(23)11-6-9-4-2-3-5-10(9)21(11)7-12(22)20-14(24)19-8-15(16,17)18/h9-11H,2-8H2,1H3,(H2,19,20,22,24)/t9-,10-,11+/m1/s1. The molecule has 2 rings (SSSR count). The summed E-state index contributed by atoms with van der Waals surface area (Å²) >= 11 is 0. The van der Waals surface area contributed by atoms with Crippen LogP contribution in [0.1, 0.15) is 32.1 Å². The van der Waals surface area contributed by atoms with Crippen LogP contribution in [0.5, 0.6) is 0 Å². The average molecular weight is 365 g/mol. The van der Waals surface area contributed by atoms with Gasteiger partial charge in [-0.05, 0) is 25.2 Å². The monoisotopic (exact) mass is 365 g/mol. The highest BCUT2D eigenvalue weighted by Gasteiger charge is 2.46. The van der Waals surface area contributed by atoms with Crippen LogP contribution in [0.4, 0.5) is 18.0 Å². The number of alkyl halides is 3. The zero-order valence-corrected chi connectivity index (χ0v) is 13.9. The van der Waals surface area contributed by atoms with Gasteiger partial charge < -0.3 is 10.1 Å². The number of nitrogens with one attached hydrogen (secondary N) is 2. The van der Waals surface area contributed by atoms with E-state index in [2.05, 4.69) is 0 Å². The van der Waals surface area contributed by atoms with Crippen LogP contribution in [-0.2, 0) is 14.3 Å². The van der Waals surface area contributed by atoms with Gasteiger partial charge in [0.05, 0.1) is 13.7 Å². The second-order valence-electron chi connectivity index (χ2n) is 6.40. The molecule has 0 aromatic carbocycles. The summed E-state index contributed by atoms with van der Waals surface area (Å²) in [5.74, 6) is -0.909. The molecule has 2 fully saturated rings. The van der Waals surface area contributed by atoms with Crippen molar-refractivity contribution in [3.05, 3.63) is 0 Å². The first kappa shape index (κ1) is 19.5. The Morgan fingerprint density at radius 3 is 2.52 bits per heavy atom. The summed E-state index contributed by atoms with van der Waals surface area (Å²) in [4.78, 5) is 37.1. The molecule has 7 nitrogen and oxygen atoms in total. The summed E-state index contributed by atoms with van der Waals surface area (Å²) in [5.41, 5.74) is 0. The summed E-state index contributed by atoms with van der Waals surface area (Å²) in [6, 6.07) is -1.74. The van der Waals surface area contributed by atoms with E-state index >= 15 is 0 Å². The maximum absolute atomic E-state index is 12.1. The van der Waals surface area contributed by atoms with Crippen LogP contribution in [0.3, 0.4) is 0 Å². The molecule has 3 atom stereocenters. The van der Waals surface area contributed by atoms with Gasteiger partial charge in [0.1, 0.15) is 12.6 Å². The fraction of sp³-hybridized carbons (Fsp3) is 0.800. The van der Waals surface area contributed by atoms with Crippen molar-refractivity contribution >= 4 is 17.9 Å². The molecule has 25 heavy (non-hydrogen) atoms. The van der Waals surface area contributed by atoms with Crippen LogP contribution < -0.4 is 10.6 Å². The lowest BCUT2D eigenvalue weighted by Crippen LogP contribution is -2.51. The minimum Gasteiger partial charge on any atom is -0.468 e. The molecule has 0 bridgehead atoms. The number of hydrogen-bond donors (Lipinski definition) is 2. The molecule has 1 heterocycles. The van der Waals surface area contributed by atoms with Gasteiger partial charge in [-0.3, -0.25) is 19.8 Å². The summed E-state index contributed by atoms with van der Waals surface area (Å²) in [6.07, 6.45) is -0.117. The summed E-state index contributed by atoms with van der Waals surface area (Å²) < 4.78 is 41.0. The van der Waals surface area contributed by atoms with E-state index in [9.17, 15) is 27.6 Å². The number of amides is 3. The van der Waals surface area contributed by atoms with Gasteiger partial charge in [-0.25, -0.2) is 4.79 Å². The van der Waals surface area contributed by atoms with Gasteiger partial charge in [0.15, 0.2) is 0 Å². The van der Waals surface area contributed by atoms with E-state index in [-0.39, 0.29) is 18.5 Å². The van der Waals surface area contributed by atoms with Crippen molar-refractivity contribution in [3.63, 3.8) is 0 Å². The lowest BCUT2D eigenvalue weighted by Gasteiger charge is -2.32. The van der Waals surface area contributed by atoms with Crippen LogP contribution >= 0.6 is 0 Å². The molecule has 1 saturated heterocycles. The van der Waals surface area contributed by atoms with E-state index < -0.39 is 36.7 Å². The highest BCUT2D eigenvalue weighted by atomic mass is 19.4. The van der Waals surface area contributed by atoms with Gasteiger partial charge in [0.2, 0.25) is 5.91 Å². The van der Waals surface area contributed by atoms with Crippen molar-refractivity contribution in [3.8, 4) is 0 Å². The average Bonchev–Trinajstić information content (AvgIpc) is 2.90. The first-order valence-corrected chi connectivity index (χ1v) is 8.19. The molecule has 1 saturated carbocycles. The summed E-state index contributed by atoms with van der Waals surface area (Å²) in [6.45, 7) is -1.76. The van der Waals surface area contributed by atoms with Crippen molar-refractivity contribution in [2.75, 3.05) is 20.2 Å². The number of carbonyl (C=O) groups excluding carboxylic acids is 3. The Morgan fingerprint density at radius 1 is 1.20 bits per heavy atom. The van der Waals surface area contributed by atoms with Crippen LogP contribution in [0.2, 0.25) is 0 Å². The van der Waals surface area contributed by atoms with E-state index in [1.165, 1.54) is 7.11 Å². The van der Waals surface area contributed by atoms with Crippen molar-refractivity contribution in [1.29, 1.82) is 0 Å². The number of likely N-dealkylation sites (tertiary alicyclic amines) is 1. The van der Waals surface area contributed by atoms with E-state index in [1.807, 2.05) is 5.32 Å². The quantitative estimate of drug-likeness (QED) is 0.731. The smallest absolute Gasteiger partial charge is 0.405 e. The Morgan fingerprint density at radius 2 is 1.88 bits per heavy atom. The number of rotatable bonds is 4. The number of nitrogens with zero attached hydrogens (tertiary/aromatic N) is 1. The maximum Gasteiger partial charge on any atom is 0.405 e. The Balaban J connectivity index is 1.94. The normalized spacial score (nSPS) is 26.6. The third-order valence-electron chi connectivity index (χ3n) is 4.72. The van der Waals surface area contributed by atoms with Gasteiger partial charge in [0, 0.05) is 6.04 Å². The highest BCUT2D eigenvalue weighted by Crippen LogP contribution is 2.39. The number of urea groups is 1. The summed E-state index contributed by atoms with van der Waals surface area (Å²) in [7, 11) is 1.27. The fourth-order valence-electron chi connectivity index (χ4n) is 3.70. The van der Waals surface area contributed by atoms with Gasteiger partial charge >= 0.3 is 18.2 Å². The van der Waals surface area contributed by atoms with Crippen molar-refractivity contribution in [1.82, 2.24) is 15.5 Å². The lowest BCUT2D eigenvalue weighted by molar-refractivity contribution is -0.146. The molecule has 0 radical (unpaired) electrons. The first-order chi connectivity index (χ1) is 11.7. The van der Waals surface area contributed by atoms with Crippen LogP contribution in [-0.4, -0.2) is 61.3 Å².